The summed E-state index contributed by atoms with van der Waals surface area (Å²) < 4.78 is 12.8. The summed E-state index contributed by atoms with van der Waals surface area (Å²) in [7, 11) is 3.35. The van der Waals surface area contributed by atoms with Crippen molar-refractivity contribution in [3.63, 3.8) is 0 Å². The van der Waals surface area contributed by atoms with Crippen LogP contribution in [0.4, 0.5) is 5.69 Å². The van der Waals surface area contributed by atoms with E-state index < -0.39 is 0 Å². The molecule has 4 nitrogen and oxygen atoms in total. The Morgan fingerprint density at radius 3 is 2.03 bits per heavy atom. The predicted octanol–water partition coefficient (Wildman–Crippen LogP) is 5.51. The number of hydrogen-bond acceptors (Lipinski definition) is 4. The molecule has 0 N–H and O–H groups in total. The SMILES string of the molecule is COc1ccc(N=c2scc(-c3ccc(OC)cc3)n2Cc2ccccc2)cc1. The molecule has 0 fully saturated rings. The van der Waals surface area contributed by atoms with Crippen molar-refractivity contribution >= 4 is 17.0 Å². The molecule has 0 saturated heterocycles. The molecule has 4 rings (SSSR count). The molecular weight excluding hydrogens is 380 g/mol. The van der Waals surface area contributed by atoms with Gasteiger partial charge in [-0.2, -0.15) is 0 Å². The molecule has 0 atom stereocenters. The average Bonchev–Trinajstić information content (AvgIpc) is 3.17. The third-order valence-electron chi connectivity index (χ3n) is 4.66. The third kappa shape index (κ3) is 4.41. The highest BCUT2D eigenvalue weighted by Crippen LogP contribution is 2.24. The van der Waals surface area contributed by atoms with Crippen molar-refractivity contribution < 1.29 is 9.47 Å². The molecule has 0 aliphatic rings. The maximum atomic E-state index is 5.30. The zero-order valence-corrected chi connectivity index (χ0v) is 17.2. The van der Waals surface area contributed by atoms with Crippen LogP contribution >= 0.6 is 11.3 Å². The van der Waals surface area contributed by atoms with E-state index in [2.05, 4.69) is 46.3 Å². The lowest BCUT2D eigenvalue weighted by Crippen LogP contribution is -2.16. The third-order valence-corrected chi connectivity index (χ3v) is 5.53. The van der Waals surface area contributed by atoms with Gasteiger partial charge in [0.1, 0.15) is 11.5 Å². The minimum atomic E-state index is 0.751. The van der Waals surface area contributed by atoms with Gasteiger partial charge < -0.3 is 14.0 Å². The maximum Gasteiger partial charge on any atom is 0.190 e. The zero-order valence-electron chi connectivity index (χ0n) is 16.4. The molecule has 0 radical (unpaired) electrons. The normalized spacial score (nSPS) is 11.4. The van der Waals surface area contributed by atoms with Gasteiger partial charge in [0.2, 0.25) is 0 Å². The summed E-state index contributed by atoms with van der Waals surface area (Å²) >= 11 is 1.64. The Morgan fingerprint density at radius 2 is 1.41 bits per heavy atom. The second kappa shape index (κ2) is 8.80. The summed E-state index contributed by atoms with van der Waals surface area (Å²) in [6.07, 6.45) is 0. The van der Waals surface area contributed by atoms with E-state index >= 15 is 0 Å². The summed E-state index contributed by atoms with van der Waals surface area (Å²) in [6.45, 7) is 0.751. The Bertz CT molecular complexity index is 1130. The average molecular weight is 403 g/mol. The fourth-order valence-electron chi connectivity index (χ4n) is 3.10. The molecule has 4 aromatic rings. The quantitative estimate of drug-likeness (QED) is 0.426. The molecule has 1 aromatic heterocycles. The number of methoxy groups -OCH3 is 2. The van der Waals surface area contributed by atoms with Crippen molar-refractivity contribution in [3.8, 4) is 22.8 Å². The van der Waals surface area contributed by atoms with E-state index in [0.29, 0.717) is 0 Å². The summed E-state index contributed by atoms with van der Waals surface area (Å²) in [5.41, 5.74) is 4.40. The lowest BCUT2D eigenvalue weighted by atomic mass is 10.1. The van der Waals surface area contributed by atoms with Gasteiger partial charge in [-0.05, 0) is 59.7 Å². The molecule has 0 spiro atoms. The summed E-state index contributed by atoms with van der Waals surface area (Å²) in [5, 5.41) is 2.16. The lowest BCUT2D eigenvalue weighted by molar-refractivity contribution is 0.414. The number of benzene rings is 3. The summed E-state index contributed by atoms with van der Waals surface area (Å²) in [6, 6.07) is 26.4. The minimum absolute atomic E-state index is 0.751. The number of ether oxygens (including phenoxy) is 2. The lowest BCUT2D eigenvalue weighted by Gasteiger charge is -2.10. The first kappa shape index (κ1) is 19.0. The minimum Gasteiger partial charge on any atom is -0.497 e. The summed E-state index contributed by atoms with van der Waals surface area (Å²) in [5.74, 6) is 1.67. The number of hydrogen-bond donors (Lipinski definition) is 0. The molecule has 1 heterocycles. The highest BCUT2D eigenvalue weighted by molar-refractivity contribution is 7.07. The van der Waals surface area contributed by atoms with Crippen molar-refractivity contribution in [1.82, 2.24) is 4.57 Å². The van der Waals surface area contributed by atoms with Gasteiger partial charge in [0.05, 0.1) is 32.1 Å². The van der Waals surface area contributed by atoms with Crippen molar-refractivity contribution in [3.05, 3.63) is 94.6 Å². The van der Waals surface area contributed by atoms with Crippen LogP contribution in [0.3, 0.4) is 0 Å². The van der Waals surface area contributed by atoms with Crippen molar-refractivity contribution in [2.75, 3.05) is 14.2 Å². The second-order valence-corrected chi connectivity index (χ2v) is 7.35. The molecule has 0 aliphatic carbocycles. The molecule has 0 aliphatic heterocycles. The Morgan fingerprint density at radius 1 is 0.793 bits per heavy atom. The molecule has 146 valence electrons. The first-order valence-electron chi connectivity index (χ1n) is 9.32. The zero-order chi connectivity index (χ0) is 20.1. The Hall–Kier alpha value is -3.31. The van der Waals surface area contributed by atoms with Crippen LogP contribution < -0.4 is 14.3 Å². The predicted molar refractivity (Wildman–Crippen MR) is 118 cm³/mol. The molecule has 0 amide bonds. The van der Waals surface area contributed by atoms with E-state index in [-0.39, 0.29) is 0 Å². The Labute approximate surface area is 174 Å². The maximum absolute atomic E-state index is 5.30. The number of aromatic nitrogens is 1. The van der Waals surface area contributed by atoms with E-state index in [4.69, 9.17) is 14.5 Å². The molecule has 0 unspecified atom stereocenters. The van der Waals surface area contributed by atoms with Crippen LogP contribution in [0.1, 0.15) is 5.56 Å². The highest BCUT2D eigenvalue weighted by Gasteiger charge is 2.09. The van der Waals surface area contributed by atoms with Crippen molar-refractivity contribution in [2.24, 2.45) is 4.99 Å². The van der Waals surface area contributed by atoms with Crippen LogP contribution in [0, 0.1) is 0 Å². The van der Waals surface area contributed by atoms with Gasteiger partial charge in [-0.15, -0.1) is 11.3 Å². The number of nitrogens with zero attached hydrogens (tertiary/aromatic N) is 2. The van der Waals surface area contributed by atoms with E-state index in [1.54, 1.807) is 25.6 Å². The molecular formula is C24H22N2O2S. The van der Waals surface area contributed by atoms with Crippen molar-refractivity contribution in [1.29, 1.82) is 0 Å². The van der Waals surface area contributed by atoms with Gasteiger partial charge in [0.15, 0.2) is 4.80 Å². The van der Waals surface area contributed by atoms with Gasteiger partial charge >= 0.3 is 0 Å². The Kier molecular flexibility index (Phi) is 5.77. The van der Waals surface area contributed by atoms with Crippen LogP contribution in [0.15, 0.2) is 89.2 Å². The Balaban J connectivity index is 1.79. The van der Waals surface area contributed by atoms with Crippen LogP contribution in [0.2, 0.25) is 0 Å². The summed E-state index contributed by atoms with van der Waals surface area (Å²) in [4.78, 5) is 5.84. The van der Waals surface area contributed by atoms with Gasteiger partial charge in [0, 0.05) is 5.38 Å². The van der Waals surface area contributed by atoms with Gasteiger partial charge in [-0.3, -0.25) is 0 Å². The van der Waals surface area contributed by atoms with E-state index in [0.717, 1.165) is 39.8 Å². The van der Waals surface area contributed by atoms with Crippen LogP contribution in [-0.4, -0.2) is 18.8 Å². The standard InChI is InChI=1S/C24H22N2O2S/c1-27-21-12-8-19(9-13-21)23-17-29-24(25-20-10-14-22(28-2)15-11-20)26(23)16-18-6-4-3-5-7-18/h3-15,17H,16H2,1-2H3. The topological polar surface area (TPSA) is 35.8 Å². The van der Waals surface area contributed by atoms with E-state index in [1.165, 1.54) is 5.56 Å². The molecule has 3 aromatic carbocycles. The monoisotopic (exact) mass is 402 g/mol. The molecule has 29 heavy (non-hydrogen) atoms. The van der Waals surface area contributed by atoms with Gasteiger partial charge in [-0.1, -0.05) is 30.3 Å². The fraction of sp³-hybridized carbons (Fsp3) is 0.125. The van der Waals surface area contributed by atoms with Gasteiger partial charge in [-0.25, -0.2) is 4.99 Å². The number of rotatable bonds is 6. The first-order chi connectivity index (χ1) is 14.3. The van der Waals surface area contributed by atoms with E-state index in [1.807, 2.05) is 42.5 Å². The highest BCUT2D eigenvalue weighted by atomic mass is 32.1. The van der Waals surface area contributed by atoms with Gasteiger partial charge in [0.25, 0.3) is 0 Å². The fourth-order valence-corrected chi connectivity index (χ4v) is 4.03. The molecule has 0 saturated carbocycles. The smallest absolute Gasteiger partial charge is 0.190 e. The van der Waals surface area contributed by atoms with Crippen LogP contribution in [0.25, 0.3) is 11.3 Å². The van der Waals surface area contributed by atoms with Crippen LogP contribution in [-0.2, 0) is 6.54 Å². The van der Waals surface area contributed by atoms with Crippen molar-refractivity contribution in [2.45, 2.75) is 6.54 Å². The largest absolute Gasteiger partial charge is 0.497 e. The number of thiazole rings is 1. The van der Waals surface area contributed by atoms with E-state index in [9.17, 15) is 0 Å². The van der Waals surface area contributed by atoms with Crippen LogP contribution in [0.5, 0.6) is 11.5 Å². The molecule has 5 heteroatoms. The second-order valence-electron chi connectivity index (χ2n) is 6.51. The first-order valence-corrected chi connectivity index (χ1v) is 10.2. The molecule has 0 bridgehead atoms.